The highest BCUT2D eigenvalue weighted by molar-refractivity contribution is 9.10. The number of nitrogens with one attached hydrogen (secondary N) is 2. The van der Waals surface area contributed by atoms with E-state index in [1.807, 2.05) is 146 Å². The summed E-state index contributed by atoms with van der Waals surface area (Å²) in [6.45, 7) is 6.02. The molecule has 14 heteroatoms. The summed E-state index contributed by atoms with van der Waals surface area (Å²) in [5.41, 5.74) is 10.9. The van der Waals surface area contributed by atoms with Gasteiger partial charge >= 0.3 is 11.9 Å². The Balaban J connectivity index is 0.000000158. The first-order valence-electron chi connectivity index (χ1n) is 21.9. The number of nitrogens with zero attached hydrogens (tertiary/aromatic N) is 2. The SMILES string of the molecule is CCOC(=O)/C=C/c1ccccc1Br.CCOC(=O)/C=C/c1ccccc1N1Cc2ccccc2C1=O.O=C(/C=C/c1ccccc1N1Cc2ccccc2C1=O)NO.O=C1NCc2ccccc21. The van der Waals surface area contributed by atoms with Crippen LogP contribution in [0.4, 0.5) is 11.4 Å². The second-order valence-electron chi connectivity index (χ2n) is 15.1. The zero-order valence-corrected chi connectivity index (χ0v) is 39.4. The van der Waals surface area contributed by atoms with Crippen LogP contribution in [0.1, 0.15) is 78.3 Å². The molecule has 9 rings (SSSR count). The first kappa shape index (κ1) is 50.2. The average molecular weight is 990 g/mol. The van der Waals surface area contributed by atoms with E-state index in [2.05, 4.69) is 21.2 Å². The van der Waals surface area contributed by atoms with Gasteiger partial charge in [0.05, 0.1) is 37.7 Å². The first-order chi connectivity index (χ1) is 33.5. The van der Waals surface area contributed by atoms with E-state index in [4.69, 9.17) is 14.7 Å². The number of anilines is 2. The smallest absolute Gasteiger partial charge is 0.330 e. The van der Waals surface area contributed by atoms with Crippen LogP contribution in [0.5, 0.6) is 0 Å². The van der Waals surface area contributed by atoms with Gasteiger partial charge in [-0.15, -0.1) is 0 Å². The highest BCUT2D eigenvalue weighted by atomic mass is 79.9. The third-order valence-electron chi connectivity index (χ3n) is 10.6. The number of hydroxylamine groups is 1. The van der Waals surface area contributed by atoms with Crippen molar-refractivity contribution in [3.05, 3.63) is 218 Å². The molecule has 0 radical (unpaired) electrons. The van der Waals surface area contributed by atoms with Crippen LogP contribution in [0.25, 0.3) is 18.2 Å². The molecule has 0 bridgehead atoms. The Kier molecular flexibility index (Phi) is 18.3. The number of hydrogen-bond acceptors (Lipinski definition) is 9. The molecule has 0 saturated carbocycles. The Hall–Kier alpha value is -8.20. The minimum atomic E-state index is -0.620. The lowest BCUT2D eigenvalue weighted by molar-refractivity contribution is -0.138. The summed E-state index contributed by atoms with van der Waals surface area (Å²) in [5, 5.41) is 11.3. The third kappa shape index (κ3) is 13.5. The van der Waals surface area contributed by atoms with Crippen molar-refractivity contribution in [1.29, 1.82) is 0 Å². The molecule has 4 amide bonds. The van der Waals surface area contributed by atoms with Crippen molar-refractivity contribution >= 4 is 81.1 Å². The summed E-state index contributed by atoms with van der Waals surface area (Å²) in [7, 11) is 0. The fraction of sp³-hybridized carbons (Fsp3) is 0.127. The monoisotopic (exact) mass is 988 g/mol. The van der Waals surface area contributed by atoms with Gasteiger partial charge in [-0.3, -0.25) is 24.4 Å². The summed E-state index contributed by atoms with van der Waals surface area (Å²) in [5.74, 6) is -1.34. The Morgan fingerprint density at radius 1 is 0.565 bits per heavy atom. The van der Waals surface area contributed by atoms with Crippen LogP contribution in [-0.2, 0) is 43.5 Å². The van der Waals surface area contributed by atoms with Crippen LogP contribution in [0.15, 0.2) is 168 Å². The topological polar surface area (TPSA) is 172 Å². The van der Waals surface area contributed by atoms with Crippen molar-refractivity contribution in [3.63, 3.8) is 0 Å². The second-order valence-corrected chi connectivity index (χ2v) is 15.9. The van der Waals surface area contributed by atoms with Crippen LogP contribution in [0.3, 0.4) is 0 Å². The molecule has 0 aliphatic carbocycles. The quantitative estimate of drug-likeness (QED) is 0.0523. The molecule has 69 heavy (non-hydrogen) atoms. The van der Waals surface area contributed by atoms with E-state index in [-0.39, 0.29) is 23.7 Å². The predicted octanol–water partition coefficient (Wildman–Crippen LogP) is 9.74. The Morgan fingerprint density at radius 3 is 1.43 bits per heavy atom. The summed E-state index contributed by atoms with van der Waals surface area (Å²) in [6, 6.07) is 45.2. The number of amides is 4. The molecule has 3 aliphatic rings. The van der Waals surface area contributed by atoms with Crippen LogP contribution in [0.2, 0.25) is 0 Å². The maximum atomic E-state index is 12.6. The van der Waals surface area contributed by atoms with E-state index in [9.17, 15) is 28.8 Å². The Morgan fingerprint density at radius 2 is 0.971 bits per heavy atom. The van der Waals surface area contributed by atoms with E-state index in [1.165, 1.54) is 18.2 Å². The molecular formula is C55H49BrN4O9. The maximum Gasteiger partial charge on any atom is 0.330 e. The first-order valence-corrected chi connectivity index (χ1v) is 22.7. The molecule has 0 aromatic heterocycles. The van der Waals surface area contributed by atoms with Gasteiger partial charge in [0, 0.05) is 45.9 Å². The zero-order valence-electron chi connectivity index (χ0n) is 37.8. The summed E-state index contributed by atoms with van der Waals surface area (Å²) in [4.78, 5) is 73.1. The van der Waals surface area contributed by atoms with Crippen molar-refractivity contribution < 1.29 is 43.4 Å². The zero-order chi connectivity index (χ0) is 49.1. The standard InChI is InChI=1S/C19H17NO3.C17H14N2O3.C11H11BrO2.C8H7NO/c1-2-23-18(21)12-11-14-7-4-6-10-17(14)20-13-15-8-3-5-9-16(15)19(20)22;20-16(18-22)10-9-12-5-2-4-8-15(12)19-11-13-6-1-3-7-14(13)17(19)21;1-2-14-11(13)8-7-9-5-3-4-6-10(9)12;10-8-7-4-2-1-3-6(7)5-9-8/h3-12H,2,13H2,1H3;1-10,22H,11H2,(H,18,20);3-8H,2H2,1H3;1-4H,5H2,(H,9,10)/b12-11+;10-9+;8-7+;. The molecule has 3 N–H and O–H groups in total. The molecule has 0 spiro atoms. The normalized spacial score (nSPS) is 13.0. The molecule has 13 nitrogen and oxygen atoms in total. The minimum absolute atomic E-state index is 0.0161. The lowest BCUT2D eigenvalue weighted by atomic mass is 10.1. The van der Waals surface area contributed by atoms with E-state index in [0.29, 0.717) is 38.4 Å². The molecule has 3 aliphatic heterocycles. The highest BCUT2D eigenvalue weighted by Gasteiger charge is 2.30. The van der Waals surface area contributed by atoms with E-state index in [0.717, 1.165) is 60.4 Å². The van der Waals surface area contributed by atoms with E-state index in [1.54, 1.807) is 47.4 Å². The van der Waals surface area contributed by atoms with Crippen molar-refractivity contribution in [1.82, 2.24) is 10.8 Å². The number of halogens is 1. The number of benzene rings is 6. The van der Waals surface area contributed by atoms with Crippen molar-refractivity contribution in [2.45, 2.75) is 33.5 Å². The fourth-order valence-corrected chi connectivity index (χ4v) is 7.74. The minimum Gasteiger partial charge on any atom is -0.463 e. The molecule has 6 aromatic rings. The van der Waals surface area contributed by atoms with Gasteiger partial charge in [-0.2, -0.15) is 0 Å². The molecule has 6 aromatic carbocycles. The molecular weight excluding hydrogens is 941 g/mol. The number of carbonyl (C=O) groups excluding carboxylic acids is 6. The Bertz CT molecular complexity index is 2930. The summed E-state index contributed by atoms with van der Waals surface area (Å²) < 4.78 is 10.6. The van der Waals surface area contributed by atoms with E-state index >= 15 is 0 Å². The molecule has 0 unspecified atom stereocenters. The van der Waals surface area contributed by atoms with Crippen LogP contribution < -0.4 is 20.6 Å². The second kappa shape index (κ2) is 25.1. The molecule has 0 atom stereocenters. The molecule has 3 heterocycles. The van der Waals surface area contributed by atoms with Crippen molar-refractivity contribution in [2.24, 2.45) is 0 Å². The Labute approximate surface area is 408 Å². The van der Waals surface area contributed by atoms with Gasteiger partial charge in [-0.25, -0.2) is 15.1 Å². The lowest BCUT2D eigenvalue weighted by Crippen LogP contribution is -2.23. The van der Waals surface area contributed by atoms with Gasteiger partial charge in [0.2, 0.25) is 0 Å². The largest absolute Gasteiger partial charge is 0.463 e. The number of hydrogen-bond donors (Lipinski definition) is 3. The molecule has 350 valence electrons. The summed E-state index contributed by atoms with van der Waals surface area (Å²) >= 11 is 3.38. The average Bonchev–Trinajstić information content (AvgIpc) is 4.04. The lowest BCUT2D eigenvalue weighted by Gasteiger charge is -2.18. The van der Waals surface area contributed by atoms with Crippen LogP contribution in [0, 0.1) is 0 Å². The van der Waals surface area contributed by atoms with Crippen LogP contribution in [-0.4, -0.2) is 54.0 Å². The van der Waals surface area contributed by atoms with Gasteiger partial charge < -0.3 is 24.6 Å². The number of para-hydroxylation sites is 2. The number of esters is 2. The van der Waals surface area contributed by atoms with Gasteiger partial charge in [0.15, 0.2) is 0 Å². The van der Waals surface area contributed by atoms with Crippen LogP contribution >= 0.6 is 15.9 Å². The van der Waals surface area contributed by atoms with Crippen molar-refractivity contribution in [2.75, 3.05) is 23.0 Å². The highest BCUT2D eigenvalue weighted by Crippen LogP contribution is 2.32. The van der Waals surface area contributed by atoms with Crippen molar-refractivity contribution in [3.8, 4) is 0 Å². The number of rotatable bonds is 10. The van der Waals surface area contributed by atoms with Gasteiger partial charge in [-0.05, 0) is 102 Å². The number of ether oxygens (including phenoxy) is 2. The number of carbonyl (C=O) groups is 6. The molecule has 0 saturated heterocycles. The van der Waals surface area contributed by atoms with Gasteiger partial charge in [0.1, 0.15) is 0 Å². The molecule has 0 fully saturated rings. The number of fused-ring (bicyclic) bond motifs is 3. The summed E-state index contributed by atoms with van der Waals surface area (Å²) in [6.07, 6.45) is 9.00. The third-order valence-corrected chi connectivity index (χ3v) is 11.3. The van der Waals surface area contributed by atoms with E-state index < -0.39 is 11.9 Å². The predicted molar refractivity (Wildman–Crippen MR) is 269 cm³/mol. The fourth-order valence-electron chi connectivity index (χ4n) is 7.32. The maximum absolute atomic E-state index is 12.6. The van der Waals surface area contributed by atoms with Gasteiger partial charge in [0.25, 0.3) is 23.6 Å². The van der Waals surface area contributed by atoms with Gasteiger partial charge in [-0.1, -0.05) is 125 Å².